The van der Waals surface area contributed by atoms with Crippen LogP contribution in [0.2, 0.25) is 0 Å². The van der Waals surface area contributed by atoms with Gasteiger partial charge in [0.1, 0.15) is 0 Å². The van der Waals surface area contributed by atoms with E-state index in [4.69, 9.17) is 0 Å². The molecule has 0 amide bonds. The zero-order valence-electron chi connectivity index (χ0n) is 7.90. The summed E-state index contributed by atoms with van der Waals surface area (Å²) in [5.41, 5.74) is 2.56. The molecule has 2 aromatic rings. The summed E-state index contributed by atoms with van der Waals surface area (Å²) in [5, 5.41) is 2.56. The first kappa shape index (κ1) is 7.74. The third-order valence-corrected chi connectivity index (χ3v) is 2.75. The molecule has 0 saturated heterocycles. The summed E-state index contributed by atoms with van der Waals surface area (Å²) in [7, 11) is 0. The van der Waals surface area contributed by atoms with E-state index >= 15 is 0 Å². The van der Waals surface area contributed by atoms with Gasteiger partial charge < -0.3 is 0 Å². The summed E-state index contributed by atoms with van der Waals surface area (Å²) in [6.45, 7) is 0. The number of nitrogens with zero attached hydrogens (tertiary/aromatic N) is 1. The highest BCUT2D eigenvalue weighted by molar-refractivity contribution is 5.96. The van der Waals surface area contributed by atoms with Gasteiger partial charge in [-0.1, -0.05) is 36.4 Å². The van der Waals surface area contributed by atoms with Crippen LogP contribution in [0.4, 0.5) is 5.69 Å². The highest BCUT2D eigenvalue weighted by atomic mass is 14.7. The van der Waals surface area contributed by atoms with Gasteiger partial charge in [-0.05, 0) is 23.8 Å². The summed E-state index contributed by atoms with van der Waals surface area (Å²) in [6.07, 6.45) is 4.23. The smallest absolute Gasteiger partial charge is 0.0736 e. The first-order chi connectivity index (χ1) is 6.95. The fraction of sp³-hybridized carbons (Fsp3) is 0.154. The van der Waals surface area contributed by atoms with Crippen molar-refractivity contribution >= 4 is 22.7 Å². The molecule has 0 aromatic heterocycles. The van der Waals surface area contributed by atoms with Crippen molar-refractivity contribution in [1.29, 1.82) is 0 Å². The molecule has 0 radical (unpaired) electrons. The Morgan fingerprint density at radius 3 is 2.93 bits per heavy atom. The Labute approximate surface area is 83.1 Å². The fourth-order valence-corrected chi connectivity index (χ4v) is 2.03. The van der Waals surface area contributed by atoms with Gasteiger partial charge in [0.25, 0.3) is 0 Å². The van der Waals surface area contributed by atoms with Crippen LogP contribution in [-0.4, -0.2) is 6.21 Å². The van der Waals surface area contributed by atoms with E-state index < -0.39 is 0 Å². The minimum atomic E-state index is 1.07. The van der Waals surface area contributed by atoms with Gasteiger partial charge in [-0.2, -0.15) is 0 Å². The Balaban J connectivity index is 2.42. The summed E-state index contributed by atoms with van der Waals surface area (Å²) in [4.78, 5) is 4.50. The van der Waals surface area contributed by atoms with E-state index in [1.165, 1.54) is 22.0 Å². The van der Waals surface area contributed by atoms with Crippen molar-refractivity contribution in [2.75, 3.05) is 0 Å². The molecular formula is C13H11N. The van der Waals surface area contributed by atoms with Crippen LogP contribution in [-0.2, 0) is 6.42 Å². The third kappa shape index (κ3) is 1.06. The first-order valence-electron chi connectivity index (χ1n) is 4.98. The van der Waals surface area contributed by atoms with Crippen molar-refractivity contribution in [3.8, 4) is 0 Å². The summed E-state index contributed by atoms with van der Waals surface area (Å²) < 4.78 is 0. The van der Waals surface area contributed by atoms with Crippen LogP contribution in [0.5, 0.6) is 0 Å². The molecule has 0 N–H and O–H groups in total. The molecule has 0 bridgehead atoms. The SMILES string of the molecule is C1=Nc2c(ccc3ccccc23)CC1. The van der Waals surface area contributed by atoms with E-state index in [2.05, 4.69) is 41.4 Å². The lowest BCUT2D eigenvalue weighted by Gasteiger charge is -2.11. The zero-order valence-corrected chi connectivity index (χ0v) is 7.90. The van der Waals surface area contributed by atoms with E-state index in [-0.39, 0.29) is 0 Å². The Kier molecular flexibility index (Phi) is 1.63. The number of aliphatic imine (C=N–C) groups is 1. The van der Waals surface area contributed by atoms with Crippen LogP contribution in [0.15, 0.2) is 41.4 Å². The minimum Gasteiger partial charge on any atom is -0.260 e. The van der Waals surface area contributed by atoms with Crippen molar-refractivity contribution in [2.45, 2.75) is 12.8 Å². The van der Waals surface area contributed by atoms with Crippen molar-refractivity contribution in [1.82, 2.24) is 0 Å². The van der Waals surface area contributed by atoms with E-state index in [1.807, 2.05) is 6.21 Å². The summed E-state index contributed by atoms with van der Waals surface area (Å²) in [6, 6.07) is 12.8. The minimum absolute atomic E-state index is 1.07. The van der Waals surface area contributed by atoms with Crippen LogP contribution in [0, 0.1) is 0 Å². The lowest BCUT2D eigenvalue weighted by atomic mass is 9.99. The van der Waals surface area contributed by atoms with Gasteiger partial charge in [-0.15, -0.1) is 0 Å². The molecule has 2 aromatic carbocycles. The molecule has 68 valence electrons. The molecule has 1 aliphatic rings. The zero-order chi connectivity index (χ0) is 9.38. The monoisotopic (exact) mass is 181 g/mol. The second-order valence-corrected chi connectivity index (χ2v) is 3.64. The number of fused-ring (bicyclic) bond motifs is 3. The molecule has 1 heterocycles. The van der Waals surface area contributed by atoms with Gasteiger partial charge in [-0.3, -0.25) is 4.99 Å². The van der Waals surface area contributed by atoms with E-state index in [1.54, 1.807) is 0 Å². The molecule has 0 saturated carbocycles. The first-order valence-corrected chi connectivity index (χ1v) is 4.98. The lowest BCUT2D eigenvalue weighted by Crippen LogP contribution is -1.93. The predicted octanol–water partition coefficient (Wildman–Crippen LogP) is 3.49. The Morgan fingerprint density at radius 1 is 1.00 bits per heavy atom. The number of hydrogen-bond acceptors (Lipinski definition) is 1. The second-order valence-electron chi connectivity index (χ2n) is 3.64. The Hall–Kier alpha value is -1.63. The fourth-order valence-electron chi connectivity index (χ4n) is 2.03. The molecule has 1 aliphatic heterocycles. The predicted molar refractivity (Wildman–Crippen MR) is 60.4 cm³/mol. The van der Waals surface area contributed by atoms with Gasteiger partial charge in [-0.25, -0.2) is 0 Å². The highest BCUT2D eigenvalue weighted by Gasteiger charge is 2.08. The molecule has 1 heteroatoms. The molecule has 0 aliphatic carbocycles. The van der Waals surface area contributed by atoms with Crippen molar-refractivity contribution in [2.24, 2.45) is 4.99 Å². The molecule has 0 fully saturated rings. The highest BCUT2D eigenvalue weighted by Crippen LogP contribution is 2.32. The van der Waals surface area contributed by atoms with E-state index in [9.17, 15) is 0 Å². The summed E-state index contributed by atoms with van der Waals surface area (Å²) in [5.74, 6) is 0. The van der Waals surface area contributed by atoms with Crippen LogP contribution in [0.3, 0.4) is 0 Å². The maximum atomic E-state index is 4.50. The Bertz CT molecular complexity index is 512. The van der Waals surface area contributed by atoms with Gasteiger partial charge >= 0.3 is 0 Å². The van der Waals surface area contributed by atoms with Crippen molar-refractivity contribution in [3.63, 3.8) is 0 Å². The normalized spacial score (nSPS) is 14.3. The molecule has 0 unspecified atom stereocenters. The van der Waals surface area contributed by atoms with Gasteiger partial charge in [0, 0.05) is 11.6 Å². The number of benzene rings is 2. The van der Waals surface area contributed by atoms with Crippen LogP contribution >= 0.6 is 0 Å². The van der Waals surface area contributed by atoms with Gasteiger partial charge in [0.15, 0.2) is 0 Å². The maximum Gasteiger partial charge on any atom is 0.0736 e. The topological polar surface area (TPSA) is 12.4 Å². The van der Waals surface area contributed by atoms with Crippen LogP contribution < -0.4 is 0 Å². The molecular weight excluding hydrogens is 170 g/mol. The molecule has 0 spiro atoms. The van der Waals surface area contributed by atoms with Gasteiger partial charge in [0.05, 0.1) is 5.69 Å². The second kappa shape index (κ2) is 2.95. The van der Waals surface area contributed by atoms with Crippen LogP contribution in [0.25, 0.3) is 10.8 Å². The number of aryl methyl sites for hydroxylation is 1. The quantitative estimate of drug-likeness (QED) is 0.590. The van der Waals surface area contributed by atoms with E-state index in [0.717, 1.165) is 12.8 Å². The van der Waals surface area contributed by atoms with Crippen molar-refractivity contribution < 1.29 is 0 Å². The molecule has 0 atom stereocenters. The lowest BCUT2D eigenvalue weighted by molar-refractivity contribution is 1.03. The van der Waals surface area contributed by atoms with Gasteiger partial charge in [0.2, 0.25) is 0 Å². The largest absolute Gasteiger partial charge is 0.260 e. The standard InChI is InChI=1S/C13H11N/c1-2-6-12-10(4-1)7-8-11-5-3-9-14-13(11)12/h1-2,4,6-9H,3,5H2. The third-order valence-electron chi connectivity index (χ3n) is 2.75. The van der Waals surface area contributed by atoms with E-state index in [0.29, 0.717) is 0 Å². The Morgan fingerprint density at radius 2 is 1.93 bits per heavy atom. The van der Waals surface area contributed by atoms with Crippen molar-refractivity contribution in [3.05, 3.63) is 42.0 Å². The number of hydrogen-bond donors (Lipinski definition) is 0. The average Bonchev–Trinajstić information content (AvgIpc) is 2.29. The maximum absolute atomic E-state index is 4.50. The summed E-state index contributed by atoms with van der Waals surface area (Å²) >= 11 is 0. The average molecular weight is 181 g/mol. The molecule has 3 rings (SSSR count). The molecule has 1 nitrogen and oxygen atoms in total. The number of rotatable bonds is 0. The van der Waals surface area contributed by atoms with Crippen LogP contribution in [0.1, 0.15) is 12.0 Å². The molecule has 14 heavy (non-hydrogen) atoms.